The number of hydrogen-bond acceptors (Lipinski definition) is 7. The van der Waals surface area contributed by atoms with E-state index in [2.05, 4.69) is 20.7 Å². The second-order valence-electron chi connectivity index (χ2n) is 10.2. The lowest BCUT2D eigenvalue weighted by molar-refractivity contribution is -0.142. The standard InChI is InChI=1S/C29H24Cl4N6O6S/c1-2-38-24-14-39(46(44,45)19-9-16(30)8-17(31)10-19)26(20(24)11-35-38)28(41)37-23(29(42)43)7-15-3-5-18(6-4-15)36-27(40)25-21(32)12-34-13-22(25)33/h3-6,8-13,23,26H,2,7,14H2,1H3,(H,36,40)(H,37,41)(H,42,43)/t23-,26-/m0/s1. The smallest absolute Gasteiger partial charge is 0.326 e. The Bertz CT molecular complexity index is 1910. The number of aromatic nitrogens is 3. The Morgan fingerprint density at radius 2 is 1.63 bits per heavy atom. The first-order valence-corrected chi connectivity index (χ1v) is 16.5. The van der Waals surface area contributed by atoms with Crippen molar-refractivity contribution >= 4 is 79.9 Å². The molecular weight excluding hydrogens is 702 g/mol. The van der Waals surface area contributed by atoms with Crippen molar-refractivity contribution in [3.63, 3.8) is 0 Å². The molecule has 46 heavy (non-hydrogen) atoms. The van der Waals surface area contributed by atoms with E-state index < -0.39 is 39.9 Å². The molecule has 5 rings (SSSR count). The normalized spacial score (nSPS) is 15.3. The number of pyridine rings is 1. The highest BCUT2D eigenvalue weighted by Crippen LogP contribution is 2.39. The van der Waals surface area contributed by atoms with E-state index in [9.17, 15) is 27.9 Å². The van der Waals surface area contributed by atoms with Gasteiger partial charge in [0.05, 0.1) is 38.9 Å². The fourth-order valence-electron chi connectivity index (χ4n) is 5.03. The lowest BCUT2D eigenvalue weighted by Gasteiger charge is -2.25. The third-order valence-corrected chi connectivity index (χ3v) is 10.0. The number of halogens is 4. The van der Waals surface area contributed by atoms with Crippen LogP contribution in [-0.4, -0.2) is 56.4 Å². The van der Waals surface area contributed by atoms with Crippen molar-refractivity contribution in [1.29, 1.82) is 0 Å². The molecule has 0 aliphatic carbocycles. The third-order valence-electron chi connectivity index (χ3n) is 7.21. The van der Waals surface area contributed by atoms with Crippen LogP contribution in [0.25, 0.3) is 0 Å². The van der Waals surface area contributed by atoms with Crippen molar-refractivity contribution in [3.8, 4) is 0 Å². The zero-order chi connectivity index (χ0) is 33.3. The van der Waals surface area contributed by atoms with Gasteiger partial charge in [0.1, 0.15) is 12.1 Å². The van der Waals surface area contributed by atoms with E-state index in [1.54, 1.807) is 28.9 Å². The summed E-state index contributed by atoms with van der Waals surface area (Å²) in [5.41, 5.74) is 1.76. The molecule has 0 saturated carbocycles. The predicted octanol–water partition coefficient (Wildman–Crippen LogP) is 5.22. The van der Waals surface area contributed by atoms with Gasteiger partial charge < -0.3 is 15.7 Å². The van der Waals surface area contributed by atoms with Gasteiger partial charge in [0.15, 0.2) is 0 Å². The van der Waals surface area contributed by atoms with Gasteiger partial charge in [-0.3, -0.25) is 19.3 Å². The summed E-state index contributed by atoms with van der Waals surface area (Å²) in [6.07, 6.45) is 3.82. The van der Waals surface area contributed by atoms with Crippen molar-refractivity contribution in [3.05, 3.63) is 104 Å². The fraction of sp³-hybridized carbons (Fsp3) is 0.207. The highest BCUT2D eigenvalue weighted by atomic mass is 35.5. The van der Waals surface area contributed by atoms with Gasteiger partial charge in [-0.25, -0.2) is 13.2 Å². The summed E-state index contributed by atoms with van der Waals surface area (Å²) in [6.45, 7) is 2.04. The second kappa shape index (κ2) is 13.6. The zero-order valence-corrected chi connectivity index (χ0v) is 27.6. The Kier molecular flexibility index (Phi) is 9.92. The van der Waals surface area contributed by atoms with Gasteiger partial charge in [-0.05, 0) is 42.8 Å². The van der Waals surface area contributed by atoms with Crippen LogP contribution in [0.3, 0.4) is 0 Å². The molecule has 2 aromatic heterocycles. The number of nitrogens with zero attached hydrogens (tertiary/aromatic N) is 4. The van der Waals surface area contributed by atoms with Gasteiger partial charge >= 0.3 is 5.97 Å². The molecule has 2 aromatic carbocycles. The predicted molar refractivity (Wildman–Crippen MR) is 172 cm³/mol. The first-order chi connectivity index (χ1) is 21.8. The van der Waals surface area contributed by atoms with Crippen molar-refractivity contribution in [2.45, 2.75) is 43.4 Å². The van der Waals surface area contributed by atoms with Gasteiger partial charge in [0.25, 0.3) is 5.91 Å². The molecule has 12 nitrogen and oxygen atoms in total. The van der Waals surface area contributed by atoms with Crippen LogP contribution in [0.4, 0.5) is 5.69 Å². The molecule has 0 saturated heterocycles. The van der Waals surface area contributed by atoms with Crippen LogP contribution in [0.5, 0.6) is 0 Å². The number of carboxylic acids is 1. The van der Waals surface area contributed by atoms with Gasteiger partial charge in [-0.2, -0.15) is 9.40 Å². The fourth-order valence-corrected chi connectivity index (χ4v) is 7.83. The van der Waals surface area contributed by atoms with Crippen LogP contribution in [-0.2, 0) is 39.1 Å². The number of rotatable bonds is 10. The van der Waals surface area contributed by atoms with Crippen LogP contribution in [0.2, 0.25) is 20.1 Å². The number of carbonyl (C=O) groups is 3. The van der Waals surface area contributed by atoms with Crippen LogP contribution in [0.15, 0.2) is 66.0 Å². The number of aliphatic carboxylic acids is 1. The number of hydrogen-bond donors (Lipinski definition) is 3. The van der Waals surface area contributed by atoms with E-state index in [-0.39, 0.29) is 43.5 Å². The number of benzene rings is 2. The molecule has 2 amide bonds. The summed E-state index contributed by atoms with van der Waals surface area (Å²) in [4.78, 5) is 42.3. The number of amides is 2. The summed E-state index contributed by atoms with van der Waals surface area (Å²) in [5, 5.41) is 19.7. The number of aryl methyl sites for hydroxylation is 1. The highest BCUT2D eigenvalue weighted by molar-refractivity contribution is 7.89. The lowest BCUT2D eigenvalue weighted by Crippen LogP contribution is -2.47. The Hall–Kier alpha value is -3.72. The number of nitrogens with one attached hydrogen (secondary N) is 2. The molecule has 0 bridgehead atoms. The van der Waals surface area contributed by atoms with Crippen LogP contribution >= 0.6 is 46.4 Å². The molecule has 0 unspecified atom stereocenters. The molecule has 0 spiro atoms. The van der Waals surface area contributed by atoms with E-state index in [1.807, 2.05) is 6.92 Å². The molecule has 0 fully saturated rings. The third kappa shape index (κ3) is 6.85. The van der Waals surface area contributed by atoms with Crippen molar-refractivity contribution < 1.29 is 27.9 Å². The minimum atomic E-state index is -4.34. The van der Waals surface area contributed by atoms with Gasteiger partial charge in [-0.15, -0.1) is 0 Å². The second-order valence-corrected chi connectivity index (χ2v) is 13.7. The van der Waals surface area contributed by atoms with Crippen LogP contribution in [0.1, 0.15) is 40.1 Å². The Morgan fingerprint density at radius 3 is 2.22 bits per heavy atom. The van der Waals surface area contributed by atoms with E-state index >= 15 is 0 Å². The van der Waals surface area contributed by atoms with Crippen LogP contribution in [0, 0.1) is 0 Å². The molecule has 4 aromatic rings. The molecule has 2 atom stereocenters. The van der Waals surface area contributed by atoms with E-state index in [0.29, 0.717) is 29.1 Å². The maximum atomic E-state index is 13.8. The van der Waals surface area contributed by atoms with E-state index in [0.717, 1.165) is 4.31 Å². The maximum absolute atomic E-state index is 13.8. The average Bonchev–Trinajstić information content (AvgIpc) is 3.57. The van der Waals surface area contributed by atoms with Gasteiger partial charge in [-0.1, -0.05) is 58.5 Å². The van der Waals surface area contributed by atoms with Crippen molar-refractivity contribution in [1.82, 2.24) is 24.4 Å². The minimum absolute atomic E-state index is 0.0464. The molecule has 3 N–H and O–H groups in total. The molecule has 1 aliphatic heterocycles. The summed E-state index contributed by atoms with van der Waals surface area (Å²) >= 11 is 24.3. The van der Waals surface area contributed by atoms with E-state index in [4.69, 9.17) is 46.4 Å². The summed E-state index contributed by atoms with van der Waals surface area (Å²) in [7, 11) is -4.34. The van der Waals surface area contributed by atoms with Crippen LogP contribution < -0.4 is 10.6 Å². The monoisotopic (exact) mass is 724 g/mol. The first-order valence-electron chi connectivity index (χ1n) is 13.5. The molecule has 1 aliphatic rings. The highest BCUT2D eigenvalue weighted by Gasteiger charge is 2.46. The lowest BCUT2D eigenvalue weighted by atomic mass is 10.0. The topological polar surface area (TPSA) is 164 Å². The van der Waals surface area contributed by atoms with Gasteiger partial charge in [0, 0.05) is 46.7 Å². The summed E-state index contributed by atoms with van der Waals surface area (Å²) in [6, 6.07) is 7.22. The number of fused-ring (bicyclic) bond motifs is 1. The maximum Gasteiger partial charge on any atom is 0.326 e. The zero-order valence-electron chi connectivity index (χ0n) is 23.7. The molecule has 240 valence electrons. The summed E-state index contributed by atoms with van der Waals surface area (Å²) < 4.78 is 30.1. The molecule has 17 heteroatoms. The number of carbonyl (C=O) groups excluding carboxylic acids is 2. The largest absolute Gasteiger partial charge is 0.480 e. The minimum Gasteiger partial charge on any atom is -0.480 e. The average molecular weight is 726 g/mol. The Labute approximate surface area is 283 Å². The molecular formula is C29H24Cl4N6O6S. The number of sulfonamides is 1. The molecule has 0 radical (unpaired) electrons. The van der Waals surface area contributed by atoms with Gasteiger partial charge in [0.2, 0.25) is 15.9 Å². The number of anilines is 1. The Balaban J connectivity index is 1.36. The summed E-state index contributed by atoms with van der Waals surface area (Å²) in [5.74, 6) is -2.76. The number of carboxylic acid groups (broad SMARTS) is 1. The first kappa shape index (κ1) is 33.6. The molecule has 3 heterocycles. The van der Waals surface area contributed by atoms with Crippen molar-refractivity contribution in [2.24, 2.45) is 0 Å². The quantitative estimate of drug-likeness (QED) is 0.200. The Morgan fingerprint density at radius 1 is 1.00 bits per heavy atom. The SMILES string of the molecule is CCn1ncc2c1CN(S(=O)(=O)c1cc(Cl)cc(Cl)c1)[C@@H]2C(=O)N[C@@H](Cc1ccc(NC(=O)c2c(Cl)cncc2Cl)cc1)C(=O)O. The van der Waals surface area contributed by atoms with Crippen molar-refractivity contribution in [2.75, 3.05) is 5.32 Å². The van der Waals surface area contributed by atoms with E-state index in [1.165, 1.54) is 36.8 Å².